The standard InChI is InChI=1S/C16H14N2OS/c1-11-5-4-6-12(9-11)10-20-16-17-14-8-3-2-7-13(14)15(19)18-16/h2-9H,10H2,1H3,(H,17,18,19). The van der Waals surface area contributed by atoms with Crippen LogP contribution in [-0.2, 0) is 5.75 Å². The molecular formula is C16H14N2OS. The lowest BCUT2D eigenvalue weighted by molar-refractivity contribution is 0.973. The van der Waals surface area contributed by atoms with Crippen LogP contribution in [0.1, 0.15) is 11.1 Å². The van der Waals surface area contributed by atoms with E-state index in [1.165, 1.54) is 11.1 Å². The van der Waals surface area contributed by atoms with Gasteiger partial charge in [-0.25, -0.2) is 4.98 Å². The number of aromatic amines is 1. The number of fused-ring (bicyclic) bond motifs is 1. The lowest BCUT2D eigenvalue weighted by atomic mass is 10.2. The number of nitrogens with one attached hydrogen (secondary N) is 1. The Morgan fingerprint density at radius 3 is 2.85 bits per heavy atom. The predicted octanol–water partition coefficient (Wildman–Crippen LogP) is 3.52. The fourth-order valence-electron chi connectivity index (χ4n) is 2.09. The molecule has 4 heteroatoms. The monoisotopic (exact) mass is 282 g/mol. The molecule has 1 N–H and O–H groups in total. The molecule has 0 amide bonds. The molecule has 0 spiro atoms. The molecule has 0 atom stereocenters. The molecule has 0 aliphatic rings. The molecule has 0 aliphatic carbocycles. The van der Waals surface area contributed by atoms with E-state index in [0.717, 1.165) is 11.3 Å². The predicted molar refractivity (Wildman–Crippen MR) is 83.1 cm³/mol. The van der Waals surface area contributed by atoms with Gasteiger partial charge in [0.1, 0.15) is 0 Å². The minimum atomic E-state index is -0.0812. The van der Waals surface area contributed by atoms with E-state index in [0.29, 0.717) is 10.5 Å². The van der Waals surface area contributed by atoms with Gasteiger partial charge >= 0.3 is 0 Å². The van der Waals surface area contributed by atoms with Crippen molar-refractivity contribution in [3.05, 3.63) is 70.0 Å². The Labute approximate surface area is 121 Å². The van der Waals surface area contributed by atoms with Crippen LogP contribution in [0.15, 0.2) is 58.5 Å². The van der Waals surface area contributed by atoms with E-state index in [-0.39, 0.29) is 5.56 Å². The average molecular weight is 282 g/mol. The molecule has 20 heavy (non-hydrogen) atoms. The van der Waals surface area contributed by atoms with Gasteiger partial charge in [-0.3, -0.25) is 4.79 Å². The summed E-state index contributed by atoms with van der Waals surface area (Å²) in [6, 6.07) is 15.7. The second-order valence-corrected chi connectivity index (χ2v) is 5.63. The number of aromatic nitrogens is 2. The minimum Gasteiger partial charge on any atom is -0.301 e. The molecule has 2 aromatic carbocycles. The zero-order valence-corrected chi connectivity index (χ0v) is 11.9. The average Bonchev–Trinajstić information content (AvgIpc) is 2.45. The van der Waals surface area contributed by atoms with Crippen LogP contribution >= 0.6 is 11.8 Å². The van der Waals surface area contributed by atoms with Gasteiger partial charge in [-0.15, -0.1) is 0 Å². The van der Waals surface area contributed by atoms with Crippen LogP contribution in [0.5, 0.6) is 0 Å². The van der Waals surface area contributed by atoms with Crippen molar-refractivity contribution >= 4 is 22.7 Å². The number of thioether (sulfide) groups is 1. The van der Waals surface area contributed by atoms with Gasteiger partial charge in [-0.05, 0) is 24.6 Å². The quantitative estimate of drug-likeness (QED) is 0.590. The second kappa shape index (κ2) is 5.51. The summed E-state index contributed by atoms with van der Waals surface area (Å²) in [6.07, 6.45) is 0. The highest BCUT2D eigenvalue weighted by molar-refractivity contribution is 7.98. The molecule has 3 rings (SSSR count). The second-order valence-electron chi connectivity index (χ2n) is 4.67. The Bertz CT molecular complexity index is 811. The maximum Gasteiger partial charge on any atom is 0.259 e. The number of para-hydroxylation sites is 1. The Morgan fingerprint density at radius 2 is 2.00 bits per heavy atom. The fraction of sp³-hybridized carbons (Fsp3) is 0.125. The van der Waals surface area contributed by atoms with Crippen molar-refractivity contribution in [2.24, 2.45) is 0 Å². The smallest absolute Gasteiger partial charge is 0.259 e. The van der Waals surface area contributed by atoms with Crippen molar-refractivity contribution in [1.29, 1.82) is 0 Å². The Balaban J connectivity index is 1.86. The maximum atomic E-state index is 12.0. The van der Waals surface area contributed by atoms with Crippen molar-refractivity contribution in [1.82, 2.24) is 9.97 Å². The van der Waals surface area contributed by atoms with Crippen LogP contribution < -0.4 is 5.56 Å². The molecule has 0 radical (unpaired) electrons. The summed E-state index contributed by atoms with van der Waals surface area (Å²) in [5.41, 5.74) is 3.12. The Morgan fingerprint density at radius 1 is 1.15 bits per heavy atom. The van der Waals surface area contributed by atoms with Crippen molar-refractivity contribution in [3.63, 3.8) is 0 Å². The van der Waals surface area contributed by atoms with Gasteiger partial charge in [0.15, 0.2) is 5.16 Å². The summed E-state index contributed by atoms with van der Waals surface area (Å²) in [7, 11) is 0. The number of aryl methyl sites for hydroxylation is 1. The van der Waals surface area contributed by atoms with Gasteiger partial charge in [0.2, 0.25) is 0 Å². The summed E-state index contributed by atoms with van der Waals surface area (Å²) in [4.78, 5) is 19.3. The summed E-state index contributed by atoms with van der Waals surface area (Å²) < 4.78 is 0. The first-order valence-corrected chi connectivity index (χ1v) is 7.38. The van der Waals surface area contributed by atoms with Crippen LogP contribution in [0.3, 0.4) is 0 Å². The van der Waals surface area contributed by atoms with E-state index in [1.807, 2.05) is 24.3 Å². The Hall–Kier alpha value is -2.07. The number of nitrogens with zero attached hydrogens (tertiary/aromatic N) is 1. The number of benzene rings is 2. The van der Waals surface area contributed by atoms with Crippen LogP contribution in [0.4, 0.5) is 0 Å². The summed E-state index contributed by atoms with van der Waals surface area (Å²) in [6.45, 7) is 2.07. The normalized spacial score (nSPS) is 10.8. The highest BCUT2D eigenvalue weighted by Crippen LogP contribution is 2.20. The molecule has 0 unspecified atom stereocenters. The molecular weight excluding hydrogens is 268 g/mol. The van der Waals surface area contributed by atoms with Crippen molar-refractivity contribution in [3.8, 4) is 0 Å². The first kappa shape index (κ1) is 12.9. The fourth-order valence-corrected chi connectivity index (χ4v) is 2.90. The zero-order chi connectivity index (χ0) is 13.9. The molecule has 1 aromatic heterocycles. The van der Waals surface area contributed by atoms with Gasteiger partial charge in [0.05, 0.1) is 10.9 Å². The van der Waals surface area contributed by atoms with E-state index in [9.17, 15) is 4.79 Å². The summed E-state index contributed by atoms with van der Waals surface area (Å²) in [5, 5.41) is 1.29. The third kappa shape index (κ3) is 2.75. The number of hydrogen-bond acceptors (Lipinski definition) is 3. The molecule has 3 aromatic rings. The highest BCUT2D eigenvalue weighted by atomic mass is 32.2. The molecule has 3 nitrogen and oxygen atoms in total. The lowest BCUT2D eigenvalue weighted by Gasteiger charge is -2.04. The third-order valence-electron chi connectivity index (χ3n) is 3.05. The van der Waals surface area contributed by atoms with E-state index < -0.39 is 0 Å². The zero-order valence-electron chi connectivity index (χ0n) is 11.1. The van der Waals surface area contributed by atoms with E-state index in [1.54, 1.807) is 17.8 Å². The van der Waals surface area contributed by atoms with Crippen molar-refractivity contribution in [2.45, 2.75) is 17.8 Å². The topological polar surface area (TPSA) is 45.8 Å². The number of H-pyrrole nitrogens is 1. The Kier molecular flexibility index (Phi) is 3.56. The van der Waals surface area contributed by atoms with Gasteiger partial charge in [0, 0.05) is 5.75 Å². The molecule has 0 aliphatic heterocycles. The SMILES string of the molecule is Cc1cccc(CSc2nc3ccccc3c(=O)[nH]2)c1. The maximum absolute atomic E-state index is 12.0. The van der Waals surface area contributed by atoms with Gasteiger partial charge in [-0.1, -0.05) is 53.7 Å². The third-order valence-corrected chi connectivity index (χ3v) is 3.99. The van der Waals surface area contributed by atoms with E-state index in [4.69, 9.17) is 0 Å². The minimum absolute atomic E-state index is 0.0812. The molecule has 0 bridgehead atoms. The largest absolute Gasteiger partial charge is 0.301 e. The van der Waals surface area contributed by atoms with Crippen LogP contribution in [0, 0.1) is 6.92 Å². The molecule has 100 valence electrons. The summed E-state index contributed by atoms with van der Waals surface area (Å²) in [5.74, 6) is 0.795. The van der Waals surface area contributed by atoms with Gasteiger partial charge in [0.25, 0.3) is 5.56 Å². The van der Waals surface area contributed by atoms with Crippen molar-refractivity contribution < 1.29 is 0 Å². The first-order valence-electron chi connectivity index (χ1n) is 6.40. The van der Waals surface area contributed by atoms with E-state index in [2.05, 4.69) is 35.1 Å². The van der Waals surface area contributed by atoms with E-state index >= 15 is 0 Å². The first-order chi connectivity index (χ1) is 9.72. The number of rotatable bonds is 3. The van der Waals surface area contributed by atoms with Gasteiger partial charge < -0.3 is 4.98 Å². The number of hydrogen-bond donors (Lipinski definition) is 1. The lowest BCUT2D eigenvalue weighted by Crippen LogP contribution is -2.08. The molecule has 0 saturated heterocycles. The van der Waals surface area contributed by atoms with Gasteiger partial charge in [-0.2, -0.15) is 0 Å². The van der Waals surface area contributed by atoms with Crippen LogP contribution in [0.2, 0.25) is 0 Å². The summed E-state index contributed by atoms with van der Waals surface area (Å²) >= 11 is 1.54. The molecule has 0 fully saturated rings. The van der Waals surface area contributed by atoms with Crippen LogP contribution in [-0.4, -0.2) is 9.97 Å². The van der Waals surface area contributed by atoms with Crippen molar-refractivity contribution in [2.75, 3.05) is 0 Å². The molecule has 0 saturated carbocycles. The van der Waals surface area contributed by atoms with Crippen LogP contribution in [0.25, 0.3) is 10.9 Å². The highest BCUT2D eigenvalue weighted by Gasteiger charge is 2.04. The molecule has 1 heterocycles.